The first-order valence-electron chi connectivity index (χ1n) is 6.35. The van der Waals surface area contributed by atoms with E-state index in [4.69, 9.17) is 15.6 Å². The molecule has 2 aromatic carbocycles. The number of phenolic OH excluding ortho intramolecular Hbond substituents is 1. The van der Waals surface area contributed by atoms with Crippen LogP contribution in [0.25, 0.3) is 0 Å². The second-order valence-corrected chi connectivity index (χ2v) is 9.08. The van der Waals surface area contributed by atoms with Gasteiger partial charge in [0.15, 0.2) is 3.55 Å². The summed E-state index contributed by atoms with van der Waals surface area (Å²) in [6.07, 6.45) is 0.220. The molecule has 5 nitrogen and oxygen atoms in total. The molecule has 2 rings (SSSR count). The molecule has 0 aliphatic carbocycles. The summed E-state index contributed by atoms with van der Waals surface area (Å²) in [5.74, 6) is 0.435. The molecule has 0 radical (unpaired) electrons. The van der Waals surface area contributed by atoms with Crippen LogP contribution >= 0.6 is 67.8 Å². The molecule has 0 saturated heterocycles. The predicted molar refractivity (Wildman–Crippen MR) is 112 cm³/mol. The maximum atomic E-state index is 11.0. The lowest BCUT2D eigenvalue weighted by Crippen LogP contribution is -2.43. The number of rotatable bonds is 5. The summed E-state index contributed by atoms with van der Waals surface area (Å²) in [7, 11) is 0. The fourth-order valence-electron chi connectivity index (χ4n) is 1.79. The van der Waals surface area contributed by atoms with Crippen molar-refractivity contribution in [2.75, 3.05) is 0 Å². The van der Waals surface area contributed by atoms with Crippen molar-refractivity contribution in [2.45, 2.75) is 9.97 Å². The third-order valence-electron chi connectivity index (χ3n) is 2.97. The third-order valence-corrected chi connectivity index (χ3v) is 5.45. The topological polar surface area (TPSA) is 92.8 Å². The van der Waals surface area contributed by atoms with Crippen molar-refractivity contribution >= 4 is 73.7 Å². The minimum atomic E-state index is -1.33. The Morgan fingerprint density at radius 3 is 2.13 bits per heavy atom. The molecule has 122 valence electrons. The van der Waals surface area contributed by atoms with Crippen LogP contribution in [0.3, 0.4) is 0 Å². The van der Waals surface area contributed by atoms with Gasteiger partial charge in [-0.2, -0.15) is 0 Å². The molecule has 1 atom stereocenters. The molecule has 0 aromatic heterocycles. The first-order valence-corrected chi connectivity index (χ1v) is 9.58. The van der Waals surface area contributed by atoms with Crippen LogP contribution in [0.4, 0.5) is 0 Å². The van der Waals surface area contributed by atoms with Crippen LogP contribution in [0.15, 0.2) is 36.4 Å². The number of carboxylic acids is 1. The number of aliphatic carboxylic acids is 1. The molecular formula is C15H12I3NO4. The van der Waals surface area contributed by atoms with E-state index in [1.165, 1.54) is 0 Å². The summed E-state index contributed by atoms with van der Waals surface area (Å²) in [5.41, 5.74) is 6.54. The number of phenols is 1. The van der Waals surface area contributed by atoms with Crippen molar-refractivity contribution in [3.05, 3.63) is 49.1 Å². The highest BCUT2D eigenvalue weighted by atomic mass is 127. The largest absolute Gasteiger partial charge is 0.506 e. The average Bonchev–Trinajstić information content (AvgIpc) is 2.46. The molecule has 4 N–H and O–H groups in total. The molecule has 0 spiro atoms. The standard InChI is InChI=1S/C15H12I3NO4/c16-11-5-10(6-12(17)13(11)20)23-9-3-1-8(2-4-9)7-15(18,19)14(21)22/h1-6,20H,7,19H2,(H,21,22)/t15-/m1/s1. The molecule has 2 aromatic rings. The Bertz CT molecular complexity index is 709. The smallest absolute Gasteiger partial charge is 0.334 e. The molecule has 23 heavy (non-hydrogen) atoms. The van der Waals surface area contributed by atoms with Gasteiger partial charge < -0.3 is 20.7 Å². The van der Waals surface area contributed by atoms with Gasteiger partial charge in [-0.3, -0.25) is 0 Å². The maximum absolute atomic E-state index is 11.0. The quantitative estimate of drug-likeness (QED) is 0.258. The van der Waals surface area contributed by atoms with Gasteiger partial charge in [-0.1, -0.05) is 12.1 Å². The SMILES string of the molecule is N[C@](I)(Cc1ccc(Oc2cc(I)c(O)c(I)c2)cc1)C(=O)O. The van der Waals surface area contributed by atoms with E-state index in [9.17, 15) is 9.90 Å². The Hall–Kier alpha value is -0.340. The van der Waals surface area contributed by atoms with Crippen LogP contribution in [0.2, 0.25) is 0 Å². The summed E-state index contributed by atoms with van der Waals surface area (Å²) in [6.45, 7) is 0. The molecule has 0 bridgehead atoms. The first-order chi connectivity index (χ1) is 10.7. The zero-order valence-electron chi connectivity index (χ0n) is 11.6. The molecule has 8 heteroatoms. The lowest BCUT2D eigenvalue weighted by molar-refractivity contribution is -0.139. The predicted octanol–water partition coefficient (Wildman–Crippen LogP) is 4.11. The summed E-state index contributed by atoms with van der Waals surface area (Å²) in [4.78, 5) is 11.0. The molecule has 0 aliphatic rings. The Balaban J connectivity index is 2.13. The normalized spacial score (nSPS) is 13.4. The summed E-state index contributed by atoms with van der Waals surface area (Å²) in [6, 6.07) is 10.6. The van der Waals surface area contributed by atoms with Crippen LogP contribution in [0.5, 0.6) is 17.2 Å². The fraction of sp³-hybridized carbons (Fsp3) is 0.133. The minimum Gasteiger partial charge on any atom is -0.506 e. The van der Waals surface area contributed by atoms with Crippen LogP contribution in [0, 0.1) is 7.14 Å². The highest BCUT2D eigenvalue weighted by molar-refractivity contribution is 14.1. The maximum Gasteiger partial charge on any atom is 0.334 e. The van der Waals surface area contributed by atoms with Gasteiger partial charge in [0.25, 0.3) is 0 Å². The number of aromatic hydroxyl groups is 1. The van der Waals surface area contributed by atoms with Crippen molar-refractivity contribution in [3.63, 3.8) is 0 Å². The summed E-state index contributed by atoms with van der Waals surface area (Å²) >= 11 is 5.81. The van der Waals surface area contributed by atoms with Gasteiger partial charge in [0.1, 0.15) is 17.2 Å². The number of carboxylic acid groups (broad SMARTS) is 1. The molecule has 0 heterocycles. The van der Waals surface area contributed by atoms with E-state index in [1.807, 2.05) is 45.2 Å². The van der Waals surface area contributed by atoms with Crippen LogP contribution < -0.4 is 10.5 Å². The number of ether oxygens (including phenoxy) is 1. The second-order valence-electron chi connectivity index (χ2n) is 4.83. The van der Waals surface area contributed by atoms with E-state index in [1.54, 1.807) is 59.0 Å². The van der Waals surface area contributed by atoms with Crippen LogP contribution in [0.1, 0.15) is 5.56 Å². The molecule has 0 aliphatic heterocycles. The number of benzene rings is 2. The fourth-order valence-corrected chi connectivity index (χ4v) is 3.94. The van der Waals surface area contributed by atoms with Crippen molar-refractivity contribution in [2.24, 2.45) is 5.73 Å². The van der Waals surface area contributed by atoms with Gasteiger partial charge in [0.05, 0.1) is 7.14 Å². The van der Waals surface area contributed by atoms with Gasteiger partial charge in [-0.25, -0.2) is 4.79 Å². The molecule has 0 saturated carbocycles. The third kappa shape index (κ3) is 5.06. The second kappa shape index (κ2) is 7.70. The first kappa shape index (κ1) is 19.0. The zero-order chi connectivity index (χ0) is 17.2. The van der Waals surface area contributed by atoms with Crippen molar-refractivity contribution in [3.8, 4) is 17.2 Å². The number of nitrogens with two attached hydrogens (primary N) is 1. The van der Waals surface area contributed by atoms with E-state index in [-0.39, 0.29) is 12.2 Å². The van der Waals surface area contributed by atoms with Crippen molar-refractivity contribution in [1.82, 2.24) is 0 Å². The van der Waals surface area contributed by atoms with E-state index < -0.39 is 9.51 Å². The lowest BCUT2D eigenvalue weighted by atomic mass is 10.1. The van der Waals surface area contributed by atoms with E-state index in [0.717, 1.165) is 5.56 Å². The molecular weight excluding hydrogens is 639 g/mol. The zero-order valence-corrected chi connectivity index (χ0v) is 18.1. The van der Waals surface area contributed by atoms with Crippen molar-refractivity contribution < 1.29 is 19.7 Å². The van der Waals surface area contributed by atoms with E-state index in [0.29, 0.717) is 18.6 Å². The number of hydrogen-bond acceptors (Lipinski definition) is 4. The lowest BCUT2D eigenvalue weighted by Gasteiger charge is -2.17. The van der Waals surface area contributed by atoms with Gasteiger partial charge in [-0.05, 0) is 97.6 Å². The Kier molecular flexibility index (Phi) is 6.35. The Morgan fingerprint density at radius 1 is 1.13 bits per heavy atom. The number of halogens is 3. The highest BCUT2D eigenvalue weighted by Gasteiger charge is 2.30. The molecule has 0 amide bonds. The minimum absolute atomic E-state index is 0.220. The summed E-state index contributed by atoms with van der Waals surface area (Å²) < 4.78 is 5.84. The van der Waals surface area contributed by atoms with Crippen LogP contribution in [-0.4, -0.2) is 19.7 Å². The monoisotopic (exact) mass is 651 g/mol. The summed E-state index contributed by atoms with van der Waals surface area (Å²) in [5, 5.41) is 18.8. The van der Waals surface area contributed by atoms with Gasteiger partial charge in [0, 0.05) is 6.42 Å². The van der Waals surface area contributed by atoms with Gasteiger partial charge in [0.2, 0.25) is 0 Å². The number of hydrogen-bond donors (Lipinski definition) is 3. The Labute approximate surface area is 174 Å². The Morgan fingerprint density at radius 2 is 1.65 bits per heavy atom. The highest BCUT2D eigenvalue weighted by Crippen LogP contribution is 2.33. The molecule has 0 unspecified atom stereocenters. The van der Waals surface area contributed by atoms with Crippen molar-refractivity contribution in [1.29, 1.82) is 0 Å². The van der Waals surface area contributed by atoms with Crippen LogP contribution in [-0.2, 0) is 11.2 Å². The van der Waals surface area contributed by atoms with E-state index in [2.05, 4.69) is 0 Å². The number of carbonyl (C=O) groups is 1. The average molecular weight is 651 g/mol. The van der Waals surface area contributed by atoms with E-state index >= 15 is 0 Å². The molecule has 0 fully saturated rings. The van der Waals surface area contributed by atoms with Gasteiger partial charge in [-0.15, -0.1) is 0 Å². The van der Waals surface area contributed by atoms with Gasteiger partial charge >= 0.3 is 5.97 Å². The number of alkyl halides is 1.